The number of Topliss-reactive ketones (excluding diaryl/α,β-unsaturated/α-hetero) is 1. The van der Waals surface area contributed by atoms with Crippen LogP contribution in [-0.2, 0) is 9.59 Å². The molecule has 194 valence electrons. The van der Waals surface area contributed by atoms with Gasteiger partial charge in [-0.3, -0.25) is 9.59 Å². The number of ketones is 1. The number of aliphatic hydroxyl groups is 1. The summed E-state index contributed by atoms with van der Waals surface area (Å²) in [5.41, 5.74) is 1.27. The average molecular weight is 495 g/mol. The molecule has 7 nitrogen and oxygen atoms in total. The molecule has 2 aromatic carbocycles. The van der Waals surface area contributed by atoms with Gasteiger partial charge < -0.3 is 24.4 Å². The van der Waals surface area contributed by atoms with Gasteiger partial charge in [0.25, 0.3) is 11.7 Å². The molecule has 1 fully saturated rings. The number of carbonyl (C=O) groups is 2. The lowest BCUT2D eigenvalue weighted by molar-refractivity contribution is -0.140. The summed E-state index contributed by atoms with van der Waals surface area (Å²) in [5, 5.41) is 11.3. The molecule has 1 amide bonds. The van der Waals surface area contributed by atoms with Crippen molar-refractivity contribution in [2.24, 2.45) is 0 Å². The molecule has 0 spiro atoms. The molecular weight excluding hydrogens is 456 g/mol. The predicted octanol–water partition coefficient (Wildman–Crippen LogP) is 5.03. The molecular formula is C29H38N2O5. The number of carbonyl (C=O) groups excluding carboxylic acids is 2. The number of amides is 1. The van der Waals surface area contributed by atoms with Crippen molar-refractivity contribution in [1.82, 2.24) is 9.80 Å². The Labute approximate surface area is 214 Å². The van der Waals surface area contributed by atoms with E-state index in [1.54, 1.807) is 23.1 Å². The molecule has 1 saturated heterocycles. The quantitative estimate of drug-likeness (QED) is 0.182. The lowest BCUT2D eigenvalue weighted by atomic mass is 9.95. The van der Waals surface area contributed by atoms with E-state index in [2.05, 4.69) is 13.8 Å². The molecule has 0 radical (unpaired) electrons. The highest BCUT2D eigenvalue weighted by atomic mass is 16.5. The van der Waals surface area contributed by atoms with Crippen LogP contribution in [0.1, 0.15) is 56.7 Å². The Hall–Kier alpha value is -3.32. The second-order valence-corrected chi connectivity index (χ2v) is 9.30. The number of rotatable bonds is 13. The van der Waals surface area contributed by atoms with E-state index in [4.69, 9.17) is 9.47 Å². The fourth-order valence-corrected chi connectivity index (χ4v) is 4.07. The van der Waals surface area contributed by atoms with Crippen molar-refractivity contribution in [2.45, 2.75) is 45.6 Å². The largest absolute Gasteiger partial charge is 0.507 e. The molecule has 1 unspecified atom stereocenters. The van der Waals surface area contributed by atoms with Gasteiger partial charge in [-0.25, -0.2) is 0 Å². The number of unbranched alkanes of at least 4 members (excludes halogenated alkanes) is 2. The number of likely N-dealkylation sites (tertiary alicyclic amines) is 1. The number of likely N-dealkylation sites (N-methyl/N-ethyl adjacent to an activating group) is 1. The van der Waals surface area contributed by atoms with Crippen LogP contribution in [0.25, 0.3) is 5.76 Å². The van der Waals surface area contributed by atoms with Crippen LogP contribution < -0.4 is 9.47 Å². The molecule has 3 rings (SSSR count). The molecule has 0 aromatic heterocycles. The van der Waals surface area contributed by atoms with Gasteiger partial charge in [0, 0.05) is 18.7 Å². The minimum Gasteiger partial charge on any atom is -0.507 e. The number of hydrogen-bond donors (Lipinski definition) is 1. The summed E-state index contributed by atoms with van der Waals surface area (Å²) in [6, 6.07) is 13.7. The number of ether oxygens (including phenoxy) is 2. The number of nitrogens with zero attached hydrogens (tertiary/aromatic N) is 2. The maximum Gasteiger partial charge on any atom is 0.295 e. The van der Waals surface area contributed by atoms with Crippen molar-refractivity contribution in [3.63, 3.8) is 0 Å². The minimum atomic E-state index is -0.695. The van der Waals surface area contributed by atoms with E-state index in [0.29, 0.717) is 37.6 Å². The van der Waals surface area contributed by atoms with Gasteiger partial charge in [0.2, 0.25) is 0 Å². The molecule has 1 N–H and O–H groups in total. The van der Waals surface area contributed by atoms with Gasteiger partial charge in [0.15, 0.2) is 0 Å². The third-order valence-electron chi connectivity index (χ3n) is 6.16. The first kappa shape index (κ1) is 27.3. The Balaban J connectivity index is 2.00. The molecule has 0 bridgehead atoms. The normalized spacial score (nSPS) is 17.1. The van der Waals surface area contributed by atoms with Gasteiger partial charge in [-0.05, 0) is 56.8 Å². The molecule has 1 aliphatic rings. The minimum absolute atomic E-state index is 0.0871. The third kappa shape index (κ3) is 6.66. The molecule has 1 aliphatic heterocycles. The highest BCUT2D eigenvalue weighted by Gasteiger charge is 2.45. The summed E-state index contributed by atoms with van der Waals surface area (Å²) in [4.78, 5) is 29.8. The fraction of sp³-hybridized carbons (Fsp3) is 0.448. The zero-order chi connectivity index (χ0) is 26.1. The van der Waals surface area contributed by atoms with E-state index in [0.717, 1.165) is 37.0 Å². The van der Waals surface area contributed by atoms with Crippen LogP contribution in [0.5, 0.6) is 11.5 Å². The van der Waals surface area contributed by atoms with Gasteiger partial charge in [-0.1, -0.05) is 51.0 Å². The van der Waals surface area contributed by atoms with E-state index in [-0.39, 0.29) is 11.3 Å². The summed E-state index contributed by atoms with van der Waals surface area (Å²) in [6.07, 6.45) is 3.95. The molecule has 1 heterocycles. The Bertz CT molecular complexity index is 1060. The van der Waals surface area contributed by atoms with E-state index in [1.165, 1.54) is 0 Å². The zero-order valence-corrected chi connectivity index (χ0v) is 21.8. The standard InChI is InChI=1S/C29H38N2O5/c1-5-7-18-35-23-14-12-21(13-15-23)26-25(28(33)29(34)31(26)17-16-30(3)4)27(32)22-10-9-11-24(20-22)36-19-8-6-2/h9-15,20,26,32H,5-8,16-19H2,1-4H3. The number of hydrogen-bond acceptors (Lipinski definition) is 6. The van der Waals surface area contributed by atoms with Crippen LogP contribution >= 0.6 is 0 Å². The van der Waals surface area contributed by atoms with Gasteiger partial charge in [-0.2, -0.15) is 0 Å². The number of benzene rings is 2. The van der Waals surface area contributed by atoms with Crippen molar-refractivity contribution < 1.29 is 24.2 Å². The van der Waals surface area contributed by atoms with Crippen LogP contribution in [0.4, 0.5) is 0 Å². The van der Waals surface area contributed by atoms with Crippen LogP contribution in [-0.4, -0.2) is 67.0 Å². The monoisotopic (exact) mass is 494 g/mol. The van der Waals surface area contributed by atoms with Crippen molar-refractivity contribution in [2.75, 3.05) is 40.4 Å². The van der Waals surface area contributed by atoms with Crippen molar-refractivity contribution in [1.29, 1.82) is 0 Å². The third-order valence-corrected chi connectivity index (χ3v) is 6.16. The van der Waals surface area contributed by atoms with E-state index in [9.17, 15) is 14.7 Å². The molecule has 1 atom stereocenters. The Kier molecular flexibility index (Phi) is 9.94. The summed E-state index contributed by atoms with van der Waals surface area (Å²) >= 11 is 0. The van der Waals surface area contributed by atoms with Gasteiger partial charge >= 0.3 is 0 Å². The first-order valence-corrected chi connectivity index (χ1v) is 12.8. The summed E-state index contributed by atoms with van der Waals surface area (Å²) < 4.78 is 11.6. The molecule has 7 heteroatoms. The van der Waals surface area contributed by atoms with Gasteiger partial charge in [0.1, 0.15) is 17.3 Å². The van der Waals surface area contributed by atoms with Gasteiger partial charge in [-0.15, -0.1) is 0 Å². The maximum atomic E-state index is 13.2. The SMILES string of the molecule is CCCCOc1ccc(C2C(=C(O)c3cccc(OCCCC)c3)C(=O)C(=O)N2CCN(C)C)cc1. The highest BCUT2D eigenvalue weighted by molar-refractivity contribution is 6.46. The molecule has 0 saturated carbocycles. The molecule has 2 aromatic rings. The fourth-order valence-electron chi connectivity index (χ4n) is 4.07. The summed E-state index contributed by atoms with van der Waals surface area (Å²) in [5.74, 6) is -0.150. The second-order valence-electron chi connectivity index (χ2n) is 9.30. The summed E-state index contributed by atoms with van der Waals surface area (Å²) in [6.45, 7) is 6.34. The summed E-state index contributed by atoms with van der Waals surface area (Å²) in [7, 11) is 3.83. The Morgan fingerprint density at radius 1 is 0.944 bits per heavy atom. The van der Waals surface area contributed by atoms with E-state index < -0.39 is 17.7 Å². The van der Waals surface area contributed by atoms with E-state index >= 15 is 0 Å². The lowest BCUT2D eigenvalue weighted by Gasteiger charge is -2.26. The Morgan fingerprint density at radius 3 is 2.19 bits per heavy atom. The molecule has 0 aliphatic carbocycles. The number of aliphatic hydroxyl groups excluding tert-OH is 1. The van der Waals surface area contributed by atoms with Gasteiger partial charge in [0.05, 0.1) is 24.8 Å². The predicted molar refractivity (Wildman–Crippen MR) is 141 cm³/mol. The zero-order valence-electron chi connectivity index (χ0n) is 21.8. The highest BCUT2D eigenvalue weighted by Crippen LogP contribution is 2.40. The van der Waals surface area contributed by atoms with Crippen molar-refractivity contribution >= 4 is 17.4 Å². The van der Waals surface area contributed by atoms with Crippen LogP contribution in [0.15, 0.2) is 54.1 Å². The maximum absolute atomic E-state index is 13.2. The Morgan fingerprint density at radius 2 is 1.58 bits per heavy atom. The van der Waals surface area contributed by atoms with Crippen molar-refractivity contribution in [3.05, 3.63) is 65.2 Å². The average Bonchev–Trinajstić information content (AvgIpc) is 3.13. The first-order chi connectivity index (χ1) is 17.4. The van der Waals surface area contributed by atoms with Crippen LogP contribution in [0, 0.1) is 0 Å². The van der Waals surface area contributed by atoms with Crippen LogP contribution in [0.3, 0.4) is 0 Å². The van der Waals surface area contributed by atoms with E-state index in [1.807, 2.05) is 49.3 Å². The smallest absolute Gasteiger partial charge is 0.295 e. The van der Waals surface area contributed by atoms with Crippen molar-refractivity contribution in [3.8, 4) is 11.5 Å². The molecule has 36 heavy (non-hydrogen) atoms. The van der Waals surface area contributed by atoms with Crippen LogP contribution in [0.2, 0.25) is 0 Å². The topological polar surface area (TPSA) is 79.3 Å². The first-order valence-electron chi connectivity index (χ1n) is 12.8. The second kappa shape index (κ2) is 13.1. The lowest BCUT2D eigenvalue weighted by Crippen LogP contribution is -2.35.